The van der Waals surface area contributed by atoms with E-state index in [1.165, 1.54) is 11.3 Å². The van der Waals surface area contributed by atoms with E-state index in [1.54, 1.807) is 0 Å². The fourth-order valence-corrected chi connectivity index (χ4v) is 4.12. The summed E-state index contributed by atoms with van der Waals surface area (Å²) < 4.78 is 2.21. The van der Waals surface area contributed by atoms with Crippen LogP contribution in [0.2, 0.25) is 0 Å². The van der Waals surface area contributed by atoms with Gasteiger partial charge >= 0.3 is 0 Å². The molecule has 1 saturated heterocycles. The average Bonchev–Trinajstić information content (AvgIpc) is 3.12. The van der Waals surface area contributed by atoms with E-state index >= 15 is 0 Å². The normalized spacial score (nSPS) is 19.4. The molecule has 0 radical (unpaired) electrons. The summed E-state index contributed by atoms with van der Waals surface area (Å²) >= 11 is 5.55. The summed E-state index contributed by atoms with van der Waals surface area (Å²) in [7, 11) is 2.04. The maximum Gasteiger partial charge on any atom is 0.169 e. The van der Waals surface area contributed by atoms with Gasteiger partial charge in [-0.25, -0.2) is 4.98 Å². The highest BCUT2D eigenvalue weighted by atomic mass is 32.1. The number of aromatic nitrogens is 3. The van der Waals surface area contributed by atoms with E-state index in [-0.39, 0.29) is 12.1 Å². The van der Waals surface area contributed by atoms with Crippen LogP contribution in [0, 0.1) is 20.8 Å². The van der Waals surface area contributed by atoms with Crippen molar-refractivity contribution < 1.29 is 0 Å². The molecule has 1 fully saturated rings. The van der Waals surface area contributed by atoms with Crippen LogP contribution in [-0.2, 0) is 0 Å². The lowest BCUT2D eigenvalue weighted by molar-refractivity contribution is 0.367. The number of hydrogen-bond acceptors (Lipinski definition) is 3. The van der Waals surface area contributed by atoms with Crippen molar-refractivity contribution in [2.24, 2.45) is 0 Å². The van der Waals surface area contributed by atoms with Crippen LogP contribution in [0.3, 0.4) is 0 Å². The van der Waals surface area contributed by atoms with Gasteiger partial charge in [0.05, 0.1) is 17.8 Å². The molecule has 5 nitrogen and oxygen atoms in total. The molecule has 1 aliphatic heterocycles. The van der Waals surface area contributed by atoms with Crippen LogP contribution >= 0.6 is 12.2 Å². The molecule has 0 bridgehead atoms. The number of nitrogens with zero attached hydrogens (tertiary/aromatic N) is 4. The van der Waals surface area contributed by atoms with Crippen molar-refractivity contribution in [1.29, 1.82) is 0 Å². The molecule has 4 heterocycles. The molecular formula is C21H23N5S. The van der Waals surface area contributed by atoms with Crippen molar-refractivity contribution in [2.75, 3.05) is 7.05 Å². The molecule has 2 atom stereocenters. The second-order valence-electron chi connectivity index (χ2n) is 7.09. The third kappa shape index (κ3) is 3.00. The molecule has 1 N–H and O–H groups in total. The summed E-state index contributed by atoms with van der Waals surface area (Å²) in [5.74, 6) is 0.937. The van der Waals surface area contributed by atoms with Crippen molar-refractivity contribution >= 4 is 17.3 Å². The van der Waals surface area contributed by atoms with E-state index in [0.29, 0.717) is 0 Å². The Bertz CT molecular complexity index is 978. The van der Waals surface area contributed by atoms with Gasteiger partial charge in [0.25, 0.3) is 0 Å². The second-order valence-corrected chi connectivity index (χ2v) is 7.48. The maximum absolute atomic E-state index is 5.55. The standard InChI is InChI=1S/C21H23N5S/c1-13-8-9-18(23-12-13)26-14(2)11-16(15(26)3)20-19(24-21(27)25(20)4)17-7-5-6-10-22-17/h5-12,19-20H,1-4H3,(H,24,27)/t19-,20+/m1/s1. The van der Waals surface area contributed by atoms with Gasteiger partial charge in [-0.3, -0.25) is 4.98 Å². The Balaban J connectivity index is 1.81. The third-order valence-corrected chi connectivity index (χ3v) is 5.66. The summed E-state index contributed by atoms with van der Waals surface area (Å²) in [6.45, 7) is 6.32. The Morgan fingerprint density at radius 3 is 2.56 bits per heavy atom. The molecule has 3 aromatic heterocycles. The van der Waals surface area contributed by atoms with Gasteiger partial charge in [0.1, 0.15) is 5.82 Å². The second kappa shape index (κ2) is 6.78. The SMILES string of the molecule is Cc1ccc(-n2c(C)cc([C@H]3[C@@H](c4ccccn4)NC(=S)N3C)c2C)nc1. The molecule has 27 heavy (non-hydrogen) atoms. The maximum atomic E-state index is 5.55. The molecule has 0 aliphatic carbocycles. The van der Waals surface area contributed by atoms with Crippen molar-refractivity contribution in [3.63, 3.8) is 0 Å². The van der Waals surface area contributed by atoms with Crippen LogP contribution < -0.4 is 5.32 Å². The molecule has 0 unspecified atom stereocenters. The highest BCUT2D eigenvalue weighted by molar-refractivity contribution is 7.80. The van der Waals surface area contributed by atoms with Crippen LogP contribution in [0.25, 0.3) is 5.82 Å². The van der Waals surface area contributed by atoms with Crippen LogP contribution in [0.1, 0.15) is 40.3 Å². The van der Waals surface area contributed by atoms with E-state index in [0.717, 1.165) is 27.9 Å². The predicted molar refractivity (Wildman–Crippen MR) is 111 cm³/mol. The smallest absolute Gasteiger partial charge is 0.169 e. The number of thiocarbonyl (C=S) groups is 1. The van der Waals surface area contributed by atoms with Crippen LogP contribution in [-0.4, -0.2) is 31.6 Å². The minimum Gasteiger partial charge on any atom is -0.352 e. The quantitative estimate of drug-likeness (QED) is 0.704. The lowest BCUT2D eigenvalue weighted by Gasteiger charge is -2.24. The fourth-order valence-electron chi connectivity index (χ4n) is 3.88. The zero-order chi connectivity index (χ0) is 19.1. The first-order valence-corrected chi connectivity index (χ1v) is 9.44. The van der Waals surface area contributed by atoms with Gasteiger partial charge in [-0.15, -0.1) is 0 Å². The van der Waals surface area contributed by atoms with E-state index in [4.69, 9.17) is 12.2 Å². The first-order chi connectivity index (χ1) is 13.0. The van der Waals surface area contributed by atoms with Crippen LogP contribution in [0.5, 0.6) is 0 Å². The highest BCUT2D eigenvalue weighted by Crippen LogP contribution is 2.40. The molecular weight excluding hydrogens is 354 g/mol. The Labute approximate surface area is 165 Å². The number of pyridine rings is 2. The summed E-state index contributed by atoms with van der Waals surface area (Å²) in [4.78, 5) is 11.3. The van der Waals surface area contributed by atoms with E-state index in [2.05, 4.69) is 63.7 Å². The van der Waals surface area contributed by atoms with Gasteiger partial charge in [0.15, 0.2) is 5.11 Å². The lowest BCUT2D eigenvalue weighted by atomic mass is 9.97. The van der Waals surface area contributed by atoms with E-state index in [9.17, 15) is 0 Å². The summed E-state index contributed by atoms with van der Waals surface area (Å²) in [6.07, 6.45) is 3.73. The van der Waals surface area contributed by atoms with E-state index in [1.807, 2.05) is 37.6 Å². The first kappa shape index (κ1) is 17.7. The number of likely N-dealkylation sites (N-methyl/N-ethyl adjacent to an activating group) is 1. The molecule has 1 aliphatic rings. The Morgan fingerprint density at radius 1 is 1.07 bits per heavy atom. The number of hydrogen-bond donors (Lipinski definition) is 1. The van der Waals surface area contributed by atoms with Crippen LogP contribution in [0.4, 0.5) is 0 Å². The molecule has 138 valence electrons. The summed E-state index contributed by atoms with van der Waals surface area (Å²) in [6, 6.07) is 12.5. The van der Waals surface area contributed by atoms with Gasteiger partial charge in [-0.1, -0.05) is 12.1 Å². The van der Waals surface area contributed by atoms with E-state index < -0.39 is 0 Å². The van der Waals surface area contributed by atoms with Gasteiger partial charge in [-0.05, 0) is 68.4 Å². The molecule has 0 aromatic carbocycles. The highest BCUT2D eigenvalue weighted by Gasteiger charge is 2.39. The minimum absolute atomic E-state index is 0.0172. The molecule has 3 aromatic rings. The summed E-state index contributed by atoms with van der Waals surface area (Å²) in [5, 5.41) is 4.19. The molecule has 0 saturated carbocycles. The monoisotopic (exact) mass is 377 g/mol. The average molecular weight is 378 g/mol. The number of nitrogens with one attached hydrogen (secondary N) is 1. The Morgan fingerprint density at radius 2 is 1.89 bits per heavy atom. The van der Waals surface area contributed by atoms with Gasteiger partial charge in [0, 0.05) is 30.8 Å². The van der Waals surface area contributed by atoms with Crippen LogP contribution in [0.15, 0.2) is 48.8 Å². The fraction of sp³-hybridized carbons (Fsp3) is 0.286. The molecule has 4 rings (SSSR count). The van der Waals surface area contributed by atoms with Crippen molar-refractivity contribution in [3.05, 3.63) is 77.0 Å². The minimum atomic E-state index is 0.0172. The first-order valence-electron chi connectivity index (χ1n) is 9.03. The molecule has 6 heteroatoms. The number of aryl methyl sites for hydroxylation is 2. The van der Waals surface area contributed by atoms with Crippen molar-refractivity contribution in [3.8, 4) is 5.82 Å². The Hall–Kier alpha value is -2.73. The largest absolute Gasteiger partial charge is 0.352 e. The topological polar surface area (TPSA) is 46.0 Å². The van der Waals surface area contributed by atoms with Gasteiger partial charge in [-0.2, -0.15) is 0 Å². The Kier molecular flexibility index (Phi) is 4.44. The van der Waals surface area contributed by atoms with Crippen molar-refractivity contribution in [1.82, 2.24) is 24.8 Å². The zero-order valence-corrected chi connectivity index (χ0v) is 16.8. The van der Waals surface area contributed by atoms with Gasteiger partial charge in [0.2, 0.25) is 0 Å². The zero-order valence-electron chi connectivity index (χ0n) is 16.0. The molecule has 0 amide bonds. The predicted octanol–water partition coefficient (Wildman–Crippen LogP) is 3.79. The van der Waals surface area contributed by atoms with Crippen molar-refractivity contribution in [2.45, 2.75) is 32.9 Å². The molecule has 0 spiro atoms. The third-order valence-electron chi connectivity index (χ3n) is 5.25. The number of rotatable bonds is 3. The lowest BCUT2D eigenvalue weighted by Crippen LogP contribution is -2.25. The summed E-state index contributed by atoms with van der Waals surface area (Å²) in [5.41, 5.74) is 5.72. The van der Waals surface area contributed by atoms with Gasteiger partial charge < -0.3 is 14.8 Å².